The Balaban J connectivity index is 2.12. The van der Waals surface area contributed by atoms with Gasteiger partial charge in [0.05, 0.1) is 5.60 Å². The summed E-state index contributed by atoms with van der Waals surface area (Å²) in [7, 11) is 0. The summed E-state index contributed by atoms with van der Waals surface area (Å²) in [5.41, 5.74) is 0.215. The highest BCUT2D eigenvalue weighted by molar-refractivity contribution is 4.85. The molecule has 0 spiro atoms. The highest BCUT2D eigenvalue weighted by atomic mass is 16.5. The van der Waals surface area contributed by atoms with Crippen molar-refractivity contribution >= 4 is 0 Å². The van der Waals surface area contributed by atoms with Crippen LogP contribution in [0.5, 0.6) is 0 Å². The minimum absolute atomic E-state index is 0.215. The van der Waals surface area contributed by atoms with Gasteiger partial charge >= 0.3 is 0 Å². The van der Waals surface area contributed by atoms with Crippen molar-refractivity contribution in [1.82, 2.24) is 0 Å². The van der Waals surface area contributed by atoms with Gasteiger partial charge in [-0.3, -0.25) is 0 Å². The monoisotopic (exact) mass is 184 g/mol. The SMILES string of the molecule is CCCCCOC1(C)CCC(C)C1. The molecular weight excluding hydrogens is 160 g/mol. The van der Waals surface area contributed by atoms with E-state index < -0.39 is 0 Å². The van der Waals surface area contributed by atoms with Crippen molar-refractivity contribution in [3.05, 3.63) is 0 Å². The molecule has 1 saturated carbocycles. The molecule has 0 aliphatic heterocycles. The zero-order valence-corrected chi connectivity index (χ0v) is 9.44. The molecule has 1 rings (SSSR count). The summed E-state index contributed by atoms with van der Waals surface area (Å²) in [6, 6.07) is 0. The minimum Gasteiger partial charge on any atom is -0.375 e. The predicted molar refractivity (Wildman–Crippen MR) is 56.9 cm³/mol. The zero-order valence-electron chi connectivity index (χ0n) is 9.44. The van der Waals surface area contributed by atoms with Gasteiger partial charge in [0, 0.05) is 6.61 Å². The first kappa shape index (κ1) is 11.0. The Hall–Kier alpha value is -0.0400. The molecule has 0 aromatic carbocycles. The molecule has 2 atom stereocenters. The molecule has 0 heterocycles. The standard InChI is InChI=1S/C12H24O/c1-4-5-6-9-13-12(3)8-7-11(2)10-12/h11H,4-10H2,1-3H3. The Labute approximate surface area is 82.9 Å². The molecule has 1 heteroatoms. The maximum atomic E-state index is 5.96. The van der Waals surface area contributed by atoms with Crippen molar-refractivity contribution in [3.63, 3.8) is 0 Å². The molecule has 1 aliphatic rings. The summed E-state index contributed by atoms with van der Waals surface area (Å²) in [4.78, 5) is 0. The molecule has 78 valence electrons. The fourth-order valence-electron chi connectivity index (χ4n) is 2.29. The van der Waals surface area contributed by atoms with Gasteiger partial charge in [-0.2, -0.15) is 0 Å². The van der Waals surface area contributed by atoms with Crippen LogP contribution >= 0.6 is 0 Å². The third-order valence-corrected chi connectivity index (χ3v) is 3.14. The van der Waals surface area contributed by atoms with Gasteiger partial charge in [0.15, 0.2) is 0 Å². The summed E-state index contributed by atoms with van der Waals surface area (Å²) in [6.45, 7) is 7.82. The Morgan fingerprint density at radius 2 is 2.15 bits per heavy atom. The van der Waals surface area contributed by atoms with Crippen LogP contribution in [-0.4, -0.2) is 12.2 Å². The Bertz CT molecular complexity index is 144. The highest BCUT2D eigenvalue weighted by Crippen LogP contribution is 2.36. The third kappa shape index (κ3) is 3.68. The van der Waals surface area contributed by atoms with Crippen LogP contribution in [0.25, 0.3) is 0 Å². The number of hydrogen-bond donors (Lipinski definition) is 0. The van der Waals surface area contributed by atoms with E-state index >= 15 is 0 Å². The van der Waals surface area contributed by atoms with Crippen molar-refractivity contribution in [2.24, 2.45) is 5.92 Å². The molecule has 0 aromatic rings. The topological polar surface area (TPSA) is 9.23 Å². The Morgan fingerprint density at radius 1 is 1.38 bits per heavy atom. The fourth-order valence-corrected chi connectivity index (χ4v) is 2.29. The van der Waals surface area contributed by atoms with Crippen LogP contribution in [0.3, 0.4) is 0 Å². The van der Waals surface area contributed by atoms with E-state index in [1.165, 1.54) is 38.5 Å². The summed E-state index contributed by atoms with van der Waals surface area (Å²) in [5, 5.41) is 0. The molecule has 0 bridgehead atoms. The largest absolute Gasteiger partial charge is 0.375 e. The first-order chi connectivity index (χ1) is 6.16. The van der Waals surface area contributed by atoms with Crippen molar-refractivity contribution < 1.29 is 4.74 Å². The predicted octanol–water partition coefficient (Wildman–Crippen LogP) is 3.77. The second kappa shape index (κ2) is 4.99. The van der Waals surface area contributed by atoms with Gasteiger partial charge in [-0.1, -0.05) is 26.7 Å². The van der Waals surface area contributed by atoms with E-state index in [9.17, 15) is 0 Å². The van der Waals surface area contributed by atoms with Crippen molar-refractivity contribution in [1.29, 1.82) is 0 Å². The third-order valence-electron chi connectivity index (χ3n) is 3.14. The minimum atomic E-state index is 0.215. The quantitative estimate of drug-likeness (QED) is 0.591. The van der Waals surface area contributed by atoms with Gasteiger partial charge in [0.25, 0.3) is 0 Å². The number of hydrogen-bond acceptors (Lipinski definition) is 1. The molecule has 1 nitrogen and oxygen atoms in total. The van der Waals surface area contributed by atoms with E-state index in [0.717, 1.165) is 12.5 Å². The lowest BCUT2D eigenvalue weighted by Crippen LogP contribution is -2.25. The molecule has 0 amide bonds. The van der Waals surface area contributed by atoms with Gasteiger partial charge in [-0.15, -0.1) is 0 Å². The molecular formula is C12H24O. The van der Waals surface area contributed by atoms with E-state index in [2.05, 4.69) is 20.8 Å². The average Bonchev–Trinajstić information content (AvgIpc) is 2.41. The lowest BCUT2D eigenvalue weighted by molar-refractivity contribution is -0.0300. The molecule has 0 saturated heterocycles. The van der Waals surface area contributed by atoms with Crippen LogP contribution in [0.15, 0.2) is 0 Å². The smallest absolute Gasteiger partial charge is 0.0657 e. The van der Waals surface area contributed by atoms with Crippen LogP contribution in [0.2, 0.25) is 0 Å². The van der Waals surface area contributed by atoms with Gasteiger partial charge in [0.1, 0.15) is 0 Å². The maximum absolute atomic E-state index is 5.96. The van der Waals surface area contributed by atoms with E-state index in [1.807, 2.05) is 0 Å². The van der Waals surface area contributed by atoms with Crippen LogP contribution in [0.1, 0.15) is 59.3 Å². The second-order valence-corrected chi connectivity index (χ2v) is 4.85. The molecule has 0 aromatic heterocycles. The fraction of sp³-hybridized carbons (Fsp3) is 1.00. The van der Waals surface area contributed by atoms with Crippen molar-refractivity contribution in [2.75, 3.05) is 6.61 Å². The van der Waals surface area contributed by atoms with Gasteiger partial charge in [-0.05, 0) is 38.5 Å². The Morgan fingerprint density at radius 3 is 2.69 bits per heavy atom. The lowest BCUT2D eigenvalue weighted by Gasteiger charge is -2.24. The summed E-state index contributed by atoms with van der Waals surface area (Å²) in [5.74, 6) is 0.871. The van der Waals surface area contributed by atoms with E-state index in [4.69, 9.17) is 4.74 Å². The molecule has 1 aliphatic carbocycles. The number of rotatable bonds is 5. The first-order valence-corrected chi connectivity index (χ1v) is 5.80. The highest BCUT2D eigenvalue weighted by Gasteiger charge is 2.33. The molecule has 2 unspecified atom stereocenters. The molecule has 0 radical (unpaired) electrons. The van der Waals surface area contributed by atoms with Crippen LogP contribution in [0.4, 0.5) is 0 Å². The summed E-state index contributed by atoms with van der Waals surface area (Å²) in [6.07, 6.45) is 7.71. The van der Waals surface area contributed by atoms with Crippen LogP contribution in [-0.2, 0) is 4.74 Å². The average molecular weight is 184 g/mol. The van der Waals surface area contributed by atoms with Gasteiger partial charge in [0.2, 0.25) is 0 Å². The first-order valence-electron chi connectivity index (χ1n) is 5.80. The van der Waals surface area contributed by atoms with Crippen LogP contribution in [0, 0.1) is 5.92 Å². The molecule has 0 N–H and O–H groups in total. The normalized spacial score (nSPS) is 33.9. The number of ether oxygens (including phenoxy) is 1. The van der Waals surface area contributed by atoms with Crippen LogP contribution < -0.4 is 0 Å². The summed E-state index contributed by atoms with van der Waals surface area (Å²) >= 11 is 0. The summed E-state index contributed by atoms with van der Waals surface area (Å²) < 4.78 is 5.96. The Kier molecular flexibility index (Phi) is 4.24. The molecule has 13 heavy (non-hydrogen) atoms. The van der Waals surface area contributed by atoms with E-state index in [-0.39, 0.29) is 5.60 Å². The van der Waals surface area contributed by atoms with E-state index in [0.29, 0.717) is 0 Å². The zero-order chi connectivity index (χ0) is 9.73. The molecule has 1 fully saturated rings. The van der Waals surface area contributed by atoms with Crippen molar-refractivity contribution in [2.45, 2.75) is 64.9 Å². The number of unbranched alkanes of at least 4 members (excludes halogenated alkanes) is 2. The van der Waals surface area contributed by atoms with Gasteiger partial charge < -0.3 is 4.74 Å². The van der Waals surface area contributed by atoms with E-state index in [1.54, 1.807) is 0 Å². The lowest BCUT2D eigenvalue weighted by atomic mass is 10.0. The van der Waals surface area contributed by atoms with Crippen molar-refractivity contribution in [3.8, 4) is 0 Å². The van der Waals surface area contributed by atoms with Gasteiger partial charge in [-0.25, -0.2) is 0 Å². The maximum Gasteiger partial charge on any atom is 0.0657 e. The second-order valence-electron chi connectivity index (χ2n) is 4.85.